The minimum absolute atomic E-state index is 0.0874. The first-order chi connectivity index (χ1) is 8.66. The Morgan fingerprint density at radius 2 is 2.28 bits per heavy atom. The van der Waals surface area contributed by atoms with Crippen LogP contribution in [0.3, 0.4) is 0 Å². The van der Waals surface area contributed by atoms with Gasteiger partial charge in [0, 0.05) is 25.7 Å². The van der Waals surface area contributed by atoms with E-state index in [-0.39, 0.29) is 6.10 Å². The van der Waals surface area contributed by atoms with E-state index in [4.69, 9.17) is 16.2 Å². The van der Waals surface area contributed by atoms with Crippen LogP contribution >= 0.6 is 0 Å². The third-order valence-electron chi connectivity index (χ3n) is 3.13. The lowest BCUT2D eigenvalue weighted by molar-refractivity contribution is 0.0994. The van der Waals surface area contributed by atoms with Gasteiger partial charge in [-0.15, -0.1) is 0 Å². The van der Waals surface area contributed by atoms with Crippen LogP contribution in [-0.4, -0.2) is 30.3 Å². The van der Waals surface area contributed by atoms with E-state index in [2.05, 4.69) is 9.88 Å². The number of nitrogens with two attached hydrogens (primary N) is 2. The molecule has 1 unspecified atom stereocenters. The minimum atomic E-state index is -0.697. The summed E-state index contributed by atoms with van der Waals surface area (Å²) in [5.74, 6) is 0. The van der Waals surface area contributed by atoms with Gasteiger partial charge in [-0.05, 0) is 18.9 Å². The van der Waals surface area contributed by atoms with Crippen LogP contribution in [-0.2, 0) is 4.74 Å². The van der Waals surface area contributed by atoms with E-state index >= 15 is 0 Å². The second-order valence-electron chi connectivity index (χ2n) is 4.41. The second kappa shape index (κ2) is 5.57. The smallest absolute Gasteiger partial charge is 0.404 e. The van der Waals surface area contributed by atoms with Crippen LogP contribution in [0.4, 0.5) is 16.2 Å². The van der Waals surface area contributed by atoms with E-state index in [1.165, 1.54) is 0 Å². The maximum atomic E-state index is 10.7. The van der Waals surface area contributed by atoms with Gasteiger partial charge in [0.1, 0.15) is 6.10 Å². The highest BCUT2D eigenvalue weighted by Gasteiger charge is 2.20. The number of nitrogen functional groups attached to an aromatic ring is 1. The first kappa shape index (κ1) is 12.5. The predicted octanol–water partition coefficient (Wildman–Crippen LogP) is 1.12. The summed E-state index contributed by atoms with van der Waals surface area (Å²) in [6.45, 7) is 1.69. The van der Waals surface area contributed by atoms with Crippen molar-refractivity contribution in [3.05, 3.63) is 18.5 Å². The summed E-state index contributed by atoms with van der Waals surface area (Å²) < 4.78 is 5.05. The zero-order valence-corrected chi connectivity index (χ0v) is 10.2. The molecule has 2 rings (SSSR count). The topological polar surface area (TPSA) is 94.5 Å². The molecule has 1 aromatic heterocycles. The van der Waals surface area contributed by atoms with Gasteiger partial charge < -0.3 is 21.1 Å². The van der Waals surface area contributed by atoms with Crippen molar-refractivity contribution in [2.75, 3.05) is 23.7 Å². The Morgan fingerprint density at radius 3 is 3.00 bits per heavy atom. The monoisotopic (exact) mass is 250 g/mol. The van der Waals surface area contributed by atoms with E-state index in [0.717, 1.165) is 38.0 Å². The van der Waals surface area contributed by atoms with Gasteiger partial charge >= 0.3 is 6.09 Å². The summed E-state index contributed by atoms with van der Waals surface area (Å²) in [6, 6.07) is 1.91. The molecular formula is C12H18N4O2. The molecule has 1 fully saturated rings. The highest BCUT2D eigenvalue weighted by Crippen LogP contribution is 2.25. The summed E-state index contributed by atoms with van der Waals surface area (Å²) in [6.07, 6.45) is 5.15. The Kier molecular flexibility index (Phi) is 3.86. The summed E-state index contributed by atoms with van der Waals surface area (Å²) in [4.78, 5) is 16.9. The molecule has 98 valence electrons. The first-order valence-corrected chi connectivity index (χ1v) is 6.07. The van der Waals surface area contributed by atoms with Crippen LogP contribution in [0.2, 0.25) is 0 Å². The summed E-state index contributed by atoms with van der Waals surface area (Å²) in [7, 11) is 0. The number of hydrogen-bond acceptors (Lipinski definition) is 5. The first-order valence-electron chi connectivity index (χ1n) is 6.07. The Morgan fingerprint density at radius 1 is 1.44 bits per heavy atom. The van der Waals surface area contributed by atoms with Crippen LogP contribution in [0.1, 0.15) is 19.3 Å². The molecule has 1 aromatic rings. The number of hydrogen-bond donors (Lipinski definition) is 2. The number of anilines is 2. The highest BCUT2D eigenvalue weighted by molar-refractivity contribution is 5.66. The van der Waals surface area contributed by atoms with Gasteiger partial charge in [0.05, 0.1) is 17.6 Å². The van der Waals surface area contributed by atoms with Crippen molar-refractivity contribution in [2.45, 2.75) is 25.4 Å². The fourth-order valence-corrected chi connectivity index (χ4v) is 2.28. The molecular weight excluding hydrogens is 232 g/mol. The number of carbonyl (C=O) groups is 1. The van der Waals surface area contributed by atoms with Crippen molar-refractivity contribution in [2.24, 2.45) is 5.73 Å². The molecule has 6 heteroatoms. The van der Waals surface area contributed by atoms with E-state index in [1.54, 1.807) is 12.4 Å². The van der Waals surface area contributed by atoms with Gasteiger partial charge in [0.25, 0.3) is 0 Å². The number of nitrogens with zero attached hydrogens (tertiary/aromatic N) is 2. The third-order valence-corrected chi connectivity index (χ3v) is 3.13. The van der Waals surface area contributed by atoms with Crippen molar-refractivity contribution in [3.63, 3.8) is 0 Å². The lowest BCUT2D eigenvalue weighted by Crippen LogP contribution is -2.27. The highest BCUT2D eigenvalue weighted by atomic mass is 16.6. The van der Waals surface area contributed by atoms with Gasteiger partial charge in [-0.25, -0.2) is 4.79 Å². The Bertz CT molecular complexity index is 424. The standard InChI is InChI=1S/C12H18N4O2/c13-10-8-15-5-3-11(10)16-6-1-2-9(4-7-16)18-12(14)17/h3,5,8-9H,1-2,4,6-7,13H2,(H2,14,17). The molecule has 1 aliphatic heterocycles. The average molecular weight is 250 g/mol. The summed E-state index contributed by atoms with van der Waals surface area (Å²) in [5, 5.41) is 0. The molecule has 1 atom stereocenters. The molecule has 0 spiro atoms. The van der Waals surface area contributed by atoms with Crippen molar-refractivity contribution in [1.82, 2.24) is 4.98 Å². The number of aromatic nitrogens is 1. The number of primary amides is 1. The molecule has 0 radical (unpaired) electrons. The fraction of sp³-hybridized carbons (Fsp3) is 0.500. The van der Waals surface area contributed by atoms with E-state index in [1.807, 2.05) is 6.07 Å². The van der Waals surface area contributed by atoms with Crippen molar-refractivity contribution in [1.29, 1.82) is 0 Å². The molecule has 1 amide bonds. The maximum absolute atomic E-state index is 10.7. The van der Waals surface area contributed by atoms with E-state index < -0.39 is 6.09 Å². The molecule has 0 saturated carbocycles. The lowest BCUT2D eigenvalue weighted by atomic mass is 10.2. The molecule has 1 saturated heterocycles. The predicted molar refractivity (Wildman–Crippen MR) is 69.2 cm³/mol. The molecule has 4 N–H and O–H groups in total. The zero-order valence-electron chi connectivity index (χ0n) is 10.2. The maximum Gasteiger partial charge on any atom is 0.404 e. The largest absolute Gasteiger partial charge is 0.446 e. The molecule has 1 aliphatic rings. The fourth-order valence-electron chi connectivity index (χ4n) is 2.28. The van der Waals surface area contributed by atoms with Crippen LogP contribution in [0.25, 0.3) is 0 Å². The number of carbonyl (C=O) groups excluding carboxylic acids is 1. The van der Waals surface area contributed by atoms with E-state index in [0.29, 0.717) is 5.69 Å². The number of pyridine rings is 1. The van der Waals surface area contributed by atoms with Crippen molar-refractivity contribution < 1.29 is 9.53 Å². The Balaban J connectivity index is 2.01. The van der Waals surface area contributed by atoms with Gasteiger partial charge in [-0.2, -0.15) is 0 Å². The van der Waals surface area contributed by atoms with E-state index in [9.17, 15) is 4.79 Å². The Labute approximate surface area is 106 Å². The zero-order chi connectivity index (χ0) is 13.0. The van der Waals surface area contributed by atoms with Crippen LogP contribution < -0.4 is 16.4 Å². The lowest BCUT2D eigenvalue weighted by Gasteiger charge is -2.23. The van der Waals surface area contributed by atoms with Crippen molar-refractivity contribution >= 4 is 17.5 Å². The van der Waals surface area contributed by atoms with Crippen LogP contribution in [0.5, 0.6) is 0 Å². The summed E-state index contributed by atoms with van der Waals surface area (Å²) >= 11 is 0. The number of ether oxygens (including phenoxy) is 1. The molecule has 0 bridgehead atoms. The third kappa shape index (κ3) is 3.03. The number of amides is 1. The summed E-state index contributed by atoms with van der Waals surface area (Å²) in [5.41, 5.74) is 12.6. The van der Waals surface area contributed by atoms with Crippen molar-refractivity contribution in [3.8, 4) is 0 Å². The van der Waals surface area contributed by atoms with Gasteiger partial charge in [-0.3, -0.25) is 4.98 Å². The van der Waals surface area contributed by atoms with Crippen LogP contribution in [0, 0.1) is 0 Å². The van der Waals surface area contributed by atoms with Gasteiger partial charge in [0.2, 0.25) is 0 Å². The average Bonchev–Trinajstić information content (AvgIpc) is 2.55. The minimum Gasteiger partial charge on any atom is -0.446 e. The second-order valence-corrected chi connectivity index (χ2v) is 4.41. The number of rotatable bonds is 2. The van der Waals surface area contributed by atoms with Crippen LogP contribution in [0.15, 0.2) is 18.5 Å². The molecule has 6 nitrogen and oxygen atoms in total. The van der Waals surface area contributed by atoms with Gasteiger partial charge in [-0.1, -0.05) is 0 Å². The molecule has 18 heavy (non-hydrogen) atoms. The normalized spacial score (nSPS) is 20.2. The Hall–Kier alpha value is -1.98. The molecule has 0 aromatic carbocycles. The molecule has 2 heterocycles. The quantitative estimate of drug-likeness (QED) is 0.820. The molecule has 0 aliphatic carbocycles. The van der Waals surface area contributed by atoms with Gasteiger partial charge in [0.15, 0.2) is 0 Å². The SMILES string of the molecule is NC(=O)OC1CCCN(c2ccncc2N)CC1.